The van der Waals surface area contributed by atoms with Crippen molar-refractivity contribution in [1.82, 2.24) is 15.1 Å². The fourth-order valence-electron chi connectivity index (χ4n) is 3.69. The lowest BCUT2D eigenvalue weighted by atomic mass is 10.1. The van der Waals surface area contributed by atoms with E-state index in [9.17, 15) is 9.59 Å². The van der Waals surface area contributed by atoms with Crippen molar-refractivity contribution in [3.8, 4) is 0 Å². The summed E-state index contributed by atoms with van der Waals surface area (Å²) < 4.78 is 0. The maximum absolute atomic E-state index is 12.3. The Hall–Kier alpha value is -2.12. The highest BCUT2D eigenvalue weighted by atomic mass is 35.5. The number of amides is 2. The second-order valence-corrected chi connectivity index (χ2v) is 8.56. The molecule has 8 heteroatoms. The average molecular weight is 463 g/mol. The summed E-state index contributed by atoms with van der Waals surface area (Å²) in [6.07, 6.45) is 0. The third-order valence-corrected chi connectivity index (χ3v) is 6.42. The van der Waals surface area contributed by atoms with Crippen LogP contribution in [0.25, 0.3) is 0 Å². The van der Waals surface area contributed by atoms with Gasteiger partial charge in [0.1, 0.15) is 0 Å². The van der Waals surface area contributed by atoms with Gasteiger partial charge in [0, 0.05) is 48.0 Å². The number of benzene rings is 2. The van der Waals surface area contributed by atoms with Gasteiger partial charge in [-0.25, -0.2) is 0 Å². The van der Waals surface area contributed by atoms with Crippen molar-refractivity contribution in [2.24, 2.45) is 0 Å². The number of hydrogen-bond donors (Lipinski definition) is 2. The van der Waals surface area contributed by atoms with Crippen LogP contribution in [0.3, 0.4) is 0 Å². The number of carbonyl (C=O) groups excluding carboxylic acids is 2. The molecule has 0 saturated carbocycles. The van der Waals surface area contributed by atoms with Gasteiger partial charge >= 0.3 is 0 Å². The SMILES string of the molecule is Cc1c(Cl)cccc1NC(=O)CNC(=O)CN1CCN(C(C)c2ccccc2Cl)CC1. The van der Waals surface area contributed by atoms with E-state index in [2.05, 4.69) is 33.4 Å². The van der Waals surface area contributed by atoms with Crippen molar-refractivity contribution in [2.45, 2.75) is 19.9 Å². The quantitative estimate of drug-likeness (QED) is 0.657. The molecule has 0 spiro atoms. The van der Waals surface area contributed by atoms with Gasteiger partial charge in [-0.05, 0) is 43.2 Å². The van der Waals surface area contributed by atoms with Gasteiger partial charge in [0.25, 0.3) is 0 Å². The maximum atomic E-state index is 12.3. The van der Waals surface area contributed by atoms with Gasteiger partial charge in [-0.1, -0.05) is 47.5 Å². The van der Waals surface area contributed by atoms with E-state index in [-0.39, 0.29) is 30.9 Å². The molecular formula is C23H28Cl2N4O2. The fraction of sp³-hybridized carbons (Fsp3) is 0.391. The third-order valence-electron chi connectivity index (χ3n) is 5.67. The van der Waals surface area contributed by atoms with E-state index in [4.69, 9.17) is 23.2 Å². The van der Waals surface area contributed by atoms with E-state index < -0.39 is 0 Å². The van der Waals surface area contributed by atoms with Gasteiger partial charge < -0.3 is 10.6 Å². The van der Waals surface area contributed by atoms with Crippen molar-refractivity contribution < 1.29 is 9.59 Å². The Morgan fingerprint density at radius 3 is 2.35 bits per heavy atom. The Kier molecular flexibility index (Phi) is 8.32. The zero-order valence-electron chi connectivity index (χ0n) is 17.8. The molecule has 1 aliphatic rings. The van der Waals surface area contributed by atoms with Crippen LogP contribution in [0.4, 0.5) is 5.69 Å². The molecule has 1 atom stereocenters. The molecule has 1 aliphatic heterocycles. The molecular weight excluding hydrogens is 435 g/mol. The van der Waals surface area contributed by atoms with Crippen molar-refractivity contribution in [2.75, 3.05) is 44.6 Å². The summed E-state index contributed by atoms with van der Waals surface area (Å²) in [5, 5.41) is 6.84. The van der Waals surface area contributed by atoms with Crippen LogP contribution in [0.1, 0.15) is 24.1 Å². The highest BCUT2D eigenvalue weighted by molar-refractivity contribution is 6.32. The number of carbonyl (C=O) groups is 2. The van der Waals surface area contributed by atoms with Gasteiger partial charge in [-0.2, -0.15) is 0 Å². The third kappa shape index (κ3) is 6.43. The second kappa shape index (κ2) is 11.0. The molecule has 2 aromatic rings. The lowest BCUT2D eigenvalue weighted by Crippen LogP contribution is -2.50. The molecule has 1 heterocycles. The standard InChI is InChI=1S/C23H28Cl2N4O2/c1-16-19(24)8-5-9-21(16)27-22(30)14-26-23(31)15-28-10-12-29(13-11-28)17(2)18-6-3-4-7-20(18)25/h3-9,17H,10-15H2,1-2H3,(H,26,31)(H,27,30). The Morgan fingerprint density at radius 1 is 0.968 bits per heavy atom. The van der Waals surface area contributed by atoms with Crippen LogP contribution in [0, 0.1) is 6.92 Å². The van der Waals surface area contributed by atoms with Crippen molar-refractivity contribution in [3.63, 3.8) is 0 Å². The molecule has 2 amide bonds. The van der Waals surface area contributed by atoms with Gasteiger partial charge in [0.2, 0.25) is 11.8 Å². The van der Waals surface area contributed by atoms with Crippen LogP contribution in [-0.4, -0.2) is 60.9 Å². The van der Waals surface area contributed by atoms with Gasteiger partial charge in [-0.15, -0.1) is 0 Å². The Bertz CT molecular complexity index is 930. The largest absolute Gasteiger partial charge is 0.346 e. The van der Waals surface area contributed by atoms with Crippen LogP contribution in [0.2, 0.25) is 10.0 Å². The first kappa shape index (κ1) is 23.5. The van der Waals surface area contributed by atoms with Crippen LogP contribution in [0.15, 0.2) is 42.5 Å². The van der Waals surface area contributed by atoms with Crippen LogP contribution >= 0.6 is 23.2 Å². The van der Waals surface area contributed by atoms with Gasteiger partial charge in [0.15, 0.2) is 0 Å². The van der Waals surface area contributed by atoms with Gasteiger partial charge in [0.05, 0.1) is 13.1 Å². The van der Waals surface area contributed by atoms with E-state index >= 15 is 0 Å². The molecule has 0 radical (unpaired) electrons. The molecule has 1 unspecified atom stereocenters. The summed E-state index contributed by atoms with van der Waals surface area (Å²) in [6, 6.07) is 13.5. The summed E-state index contributed by atoms with van der Waals surface area (Å²) in [6.45, 7) is 7.48. The lowest BCUT2D eigenvalue weighted by molar-refractivity contribution is -0.125. The minimum atomic E-state index is -0.280. The molecule has 0 bridgehead atoms. The predicted octanol–water partition coefficient (Wildman–Crippen LogP) is 3.74. The average Bonchev–Trinajstić information content (AvgIpc) is 2.76. The zero-order chi connectivity index (χ0) is 22.4. The maximum Gasteiger partial charge on any atom is 0.243 e. The molecule has 6 nitrogen and oxygen atoms in total. The Labute approximate surface area is 193 Å². The number of halogens is 2. The summed E-state index contributed by atoms with van der Waals surface area (Å²) in [5.41, 5.74) is 2.57. The normalized spacial score (nSPS) is 16.0. The Balaban J connectivity index is 1.40. The molecule has 2 N–H and O–H groups in total. The molecule has 1 saturated heterocycles. The molecule has 166 valence electrons. The first-order valence-electron chi connectivity index (χ1n) is 10.4. The topological polar surface area (TPSA) is 64.7 Å². The number of anilines is 1. The van der Waals surface area contributed by atoms with Gasteiger partial charge in [-0.3, -0.25) is 19.4 Å². The monoisotopic (exact) mass is 462 g/mol. The zero-order valence-corrected chi connectivity index (χ0v) is 19.3. The number of nitrogens with one attached hydrogen (secondary N) is 2. The summed E-state index contributed by atoms with van der Waals surface area (Å²) in [4.78, 5) is 28.9. The molecule has 0 aliphatic carbocycles. The summed E-state index contributed by atoms with van der Waals surface area (Å²) in [5.74, 6) is -0.442. The second-order valence-electron chi connectivity index (χ2n) is 7.75. The smallest absolute Gasteiger partial charge is 0.243 e. The van der Waals surface area contributed by atoms with E-state index in [0.29, 0.717) is 10.7 Å². The van der Waals surface area contributed by atoms with Crippen molar-refractivity contribution in [1.29, 1.82) is 0 Å². The van der Waals surface area contributed by atoms with E-state index in [1.807, 2.05) is 25.1 Å². The highest BCUT2D eigenvalue weighted by Gasteiger charge is 2.24. The predicted molar refractivity (Wildman–Crippen MR) is 126 cm³/mol. The van der Waals surface area contributed by atoms with E-state index in [1.54, 1.807) is 18.2 Å². The number of rotatable bonds is 7. The fourth-order valence-corrected chi connectivity index (χ4v) is 4.16. The minimum Gasteiger partial charge on any atom is -0.346 e. The number of nitrogens with zero attached hydrogens (tertiary/aromatic N) is 2. The summed E-state index contributed by atoms with van der Waals surface area (Å²) >= 11 is 12.4. The minimum absolute atomic E-state index is 0.0751. The first-order valence-corrected chi connectivity index (χ1v) is 11.1. The number of hydrogen-bond acceptors (Lipinski definition) is 4. The lowest BCUT2D eigenvalue weighted by Gasteiger charge is -2.38. The first-order chi connectivity index (χ1) is 14.8. The molecule has 2 aromatic carbocycles. The highest BCUT2D eigenvalue weighted by Crippen LogP contribution is 2.27. The molecule has 31 heavy (non-hydrogen) atoms. The summed E-state index contributed by atoms with van der Waals surface area (Å²) in [7, 11) is 0. The van der Waals surface area contributed by atoms with E-state index in [1.165, 1.54) is 0 Å². The molecule has 3 rings (SSSR count). The van der Waals surface area contributed by atoms with Crippen LogP contribution < -0.4 is 10.6 Å². The van der Waals surface area contributed by atoms with Crippen LogP contribution in [-0.2, 0) is 9.59 Å². The van der Waals surface area contributed by atoms with E-state index in [0.717, 1.165) is 42.3 Å². The number of piperazine rings is 1. The molecule has 1 fully saturated rings. The van der Waals surface area contributed by atoms with Crippen LogP contribution in [0.5, 0.6) is 0 Å². The molecule has 0 aromatic heterocycles. The Morgan fingerprint density at radius 2 is 1.65 bits per heavy atom. The van der Waals surface area contributed by atoms with Crippen molar-refractivity contribution >= 4 is 40.7 Å². The van der Waals surface area contributed by atoms with Crippen molar-refractivity contribution in [3.05, 3.63) is 63.6 Å².